The fraction of sp³-hybridized carbons (Fsp3) is 0.103. The van der Waals surface area contributed by atoms with Gasteiger partial charge in [0.2, 0.25) is 0 Å². The van der Waals surface area contributed by atoms with Crippen molar-refractivity contribution in [3.63, 3.8) is 0 Å². The molecule has 4 rings (SSSR count). The highest BCUT2D eigenvalue weighted by molar-refractivity contribution is 14.1. The maximum atomic E-state index is 13.1. The van der Waals surface area contributed by atoms with E-state index in [1.807, 2.05) is 103 Å². The van der Waals surface area contributed by atoms with Crippen molar-refractivity contribution in [2.45, 2.75) is 25.3 Å². The summed E-state index contributed by atoms with van der Waals surface area (Å²) >= 11 is 1.89. The Morgan fingerprint density at radius 3 is 1.94 bits per heavy atom. The van der Waals surface area contributed by atoms with Crippen molar-refractivity contribution in [1.82, 2.24) is 2.52 Å². The molecule has 0 aliphatic heterocycles. The van der Waals surface area contributed by atoms with E-state index in [1.54, 1.807) is 12.1 Å². The van der Waals surface area contributed by atoms with Gasteiger partial charge in [-0.3, -0.25) is 0 Å². The molecule has 170 valence electrons. The highest BCUT2D eigenvalue weighted by atomic mass is 127. The zero-order valence-corrected chi connectivity index (χ0v) is 22.0. The van der Waals surface area contributed by atoms with Crippen LogP contribution in [0, 0.1) is 25.7 Å². The number of hydrogen-bond donors (Lipinski definition) is 0. The molecule has 0 fully saturated rings. The van der Waals surface area contributed by atoms with Crippen molar-refractivity contribution in [1.29, 1.82) is 0 Å². The average molecular weight is 577 g/mol. The first-order chi connectivity index (χ1) is 16.3. The summed E-state index contributed by atoms with van der Waals surface area (Å²) in [6.07, 6.45) is 0. The molecule has 0 aromatic heterocycles. The number of nitrogens with zero attached hydrogens (tertiary/aromatic N) is 1. The zero-order valence-electron chi connectivity index (χ0n) is 19.0. The molecular weight excluding hydrogens is 553 g/mol. The molecule has 0 unspecified atom stereocenters. The number of aryl methyl sites for hydroxylation is 2. The minimum absolute atomic E-state index is 0.243. The van der Waals surface area contributed by atoms with E-state index in [2.05, 4.69) is 30.9 Å². The van der Waals surface area contributed by atoms with E-state index in [9.17, 15) is 8.42 Å². The van der Waals surface area contributed by atoms with Crippen LogP contribution in [0.25, 0.3) is 11.1 Å². The van der Waals surface area contributed by atoms with Crippen LogP contribution in [-0.2, 0) is 16.6 Å². The first kappa shape index (κ1) is 24.2. The third-order valence-electron chi connectivity index (χ3n) is 5.50. The van der Waals surface area contributed by atoms with Gasteiger partial charge < -0.3 is 0 Å². The number of rotatable bonds is 5. The molecule has 4 aromatic rings. The van der Waals surface area contributed by atoms with Gasteiger partial charge in [-0.2, -0.15) is 0 Å². The first-order valence-corrected chi connectivity index (χ1v) is 13.3. The summed E-state index contributed by atoms with van der Waals surface area (Å²) in [5, 5.41) is 0. The Hall–Kier alpha value is -2.92. The standard InChI is InChI=1S/C29H24INO2S/c1-22-11-15-24(16-12-22)17-18-25-7-3-5-9-28(25)29-10-6-4-8-26(29)21-31(30)34(32,33)27-19-13-23(2)14-20-27/h3-16,19-20H,21H2,1-2H3. The van der Waals surface area contributed by atoms with E-state index in [4.69, 9.17) is 0 Å². The van der Waals surface area contributed by atoms with Crippen LogP contribution in [0.5, 0.6) is 0 Å². The Labute approximate surface area is 216 Å². The van der Waals surface area contributed by atoms with Gasteiger partial charge in [-0.05, 0) is 60.9 Å². The second-order valence-corrected chi connectivity index (χ2v) is 11.8. The number of benzene rings is 4. The molecule has 0 amide bonds. The van der Waals surface area contributed by atoms with E-state index >= 15 is 0 Å². The first-order valence-electron chi connectivity index (χ1n) is 10.9. The van der Waals surface area contributed by atoms with E-state index < -0.39 is 10.0 Å². The lowest BCUT2D eigenvalue weighted by Crippen LogP contribution is -2.21. The van der Waals surface area contributed by atoms with Gasteiger partial charge in [-0.15, -0.1) is 2.52 Å². The lowest BCUT2D eigenvalue weighted by Gasteiger charge is -2.18. The summed E-state index contributed by atoms with van der Waals surface area (Å²) < 4.78 is 27.7. The smallest absolute Gasteiger partial charge is 0.206 e. The highest BCUT2D eigenvalue weighted by Crippen LogP contribution is 2.30. The maximum Gasteiger partial charge on any atom is 0.251 e. The van der Waals surface area contributed by atoms with Crippen molar-refractivity contribution < 1.29 is 8.42 Å². The molecule has 0 saturated heterocycles. The lowest BCUT2D eigenvalue weighted by molar-refractivity contribution is 0.552. The Morgan fingerprint density at radius 2 is 1.26 bits per heavy atom. The summed E-state index contributed by atoms with van der Waals surface area (Å²) in [5.74, 6) is 6.56. The molecule has 3 nitrogen and oxygen atoms in total. The minimum atomic E-state index is -3.62. The van der Waals surface area contributed by atoms with Gasteiger partial charge >= 0.3 is 0 Å². The Kier molecular flexibility index (Phi) is 7.52. The number of hydrogen-bond acceptors (Lipinski definition) is 2. The zero-order chi connectivity index (χ0) is 24.1. The van der Waals surface area contributed by atoms with Crippen LogP contribution in [0.3, 0.4) is 0 Å². The predicted molar refractivity (Wildman–Crippen MR) is 147 cm³/mol. The van der Waals surface area contributed by atoms with Crippen LogP contribution < -0.4 is 0 Å². The molecule has 0 aliphatic rings. The van der Waals surface area contributed by atoms with Crippen LogP contribution in [0.2, 0.25) is 0 Å². The fourth-order valence-corrected chi connectivity index (χ4v) is 5.64. The van der Waals surface area contributed by atoms with Gasteiger partial charge in [0.1, 0.15) is 0 Å². The van der Waals surface area contributed by atoms with Crippen LogP contribution in [0.4, 0.5) is 0 Å². The molecular formula is C29H24INO2S. The second-order valence-electron chi connectivity index (χ2n) is 8.08. The summed E-state index contributed by atoms with van der Waals surface area (Å²) in [5.41, 5.74) is 6.94. The molecule has 0 heterocycles. The van der Waals surface area contributed by atoms with Crippen LogP contribution in [0.1, 0.15) is 27.8 Å². The van der Waals surface area contributed by atoms with Crippen molar-refractivity contribution in [3.05, 3.63) is 125 Å². The van der Waals surface area contributed by atoms with Crippen molar-refractivity contribution in [2.24, 2.45) is 0 Å². The lowest BCUT2D eigenvalue weighted by atomic mass is 9.95. The predicted octanol–water partition coefficient (Wildman–Crippen LogP) is 6.91. The molecule has 0 atom stereocenters. The Balaban J connectivity index is 1.67. The van der Waals surface area contributed by atoms with Gasteiger partial charge in [0.05, 0.1) is 11.4 Å². The average Bonchev–Trinajstić information content (AvgIpc) is 2.84. The molecule has 34 heavy (non-hydrogen) atoms. The molecule has 0 saturated carbocycles. The van der Waals surface area contributed by atoms with E-state index in [0.717, 1.165) is 33.4 Å². The quantitative estimate of drug-likeness (QED) is 0.147. The van der Waals surface area contributed by atoms with Gasteiger partial charge in [0.25, 0.3) is 10.0 Å². The number of sulfonamides is 1. The molecule has 0 radical (unpaired) electrons. The normalized spacial score (nSPS) is 11.2. The van der Waals surface area contributed by atoms with E-state index in [-0.39, 0.29) is 11.4 Å². The van der Waals surface area contributed by atoms with E-state index in [1.165, 1.54) is 8.08 Å². The van der Waals surface area contributed by atoms with Gasteiger partial charge in [0.15, 0.2) is 0 Å². The second kappa shape index (κ2) is 10.6. The van der Waals surface area contributed by atoms with Gasteiger partial charge in [-0.25, -0.2) is 8.42 Å². The van der Waals surface area contributed by atoms with Crippen molar-refractivity contribution in [3.8, 4) is 23.0 Å². The number of halogens is 1. The van der Waals surface area contributed by atoms with Crippen LogP contribution in [-0.4, -0.2) is 10.9 Å². The monoisotopic (exact) mass is 577 g/mol. The van der Waals surface area contributed by atoms with Crippen LogP contribution in [0.15, 0.2) is 102 Å². The fourth-order valence-electron chi connectivity index (χ4n) is 3.57. The Bertz CT molecular complexity index is 1470. The van der Waals surface area contributed by atoms with Gasteiger partial charge in [-0.1, -0.05) is 89.7 Å². The summed E-state index contributed by atoms with van der Waals surface area (Å²) in [6, 6.07) is 30.9. The Morgan fingerprint density at radius 1 is 0.706 bits per heavy atom. The SMILES string of the molecule is Cc1ccc(C#Cc2ccccc2-c2ccccc2CN(I)S(=O)(=O)c2ccc(C)cc2)cc1. The molecule has 5 heteroatoms. The minimum Gasteiger partial charge on any atom is -0.206 e. The molecule has 0 bridgehead atoms. The largest absolute Gasteiger partial charge is 0.251 e. The summed E-state index contributed by atoms with van der Waals surface area (Å²) in [4.78, 5) is 0.286. The van der Waals surface area contributed by atoms with Gasteiger partial charge in [0, 0.05) is 34.0 Å². The summed E-state index contributed by atoms with van der Waals surface area (Å²) in [6.45, 7) is 4.24. The third kappa shape index (κ3) is 5.58. The van der Waals surface area contributed by atoms with Crippen molar-refractivity contribution >= 4 is 32.9 Å². The molecule has 4 aromatic carbocycles. The topological polar surface area (TPSA) is 37.4 Å². The highest BCUT2D eigenvalue weighted by Gasteiger charge is 2.23. The molecule has 0 spiro atoms. The third-order valence-corrected chi connectivity index (χ3v) is 8.92. The maximum absolute atomic E-state index is 13.1. The molecule has 0 N–H and O–H groups in total. The van der Waals surface area contributed by atoms with E-state index in [0.29, 0.717) is 0 Å². The van der Waals surface area contributed by atoms with Crippen LogP contribution >= 0.6 is 22.9 Å². The molecule has 0 aliphatic carbocycles. The van der Waals surface area contributed by atoms with Crippen molar-refractivity contribution in [2.75, 3.05) is 0 Å². The summed E-state index contributed by atoms with van der Waals surface area (Å²) in [7, 11) is -3.62.